The summed E-state index contributed by atoms with van der Waals surface area (Å²) in [7, 11) is 4.64. The van der Waals surface area contributed by atoms with Gasteiger partial charge >= 0.3 is 0 Å². The number of carbonyl (C=O) groups excluding carboxylic acids is 5. The lowest BCUT2D eigenvalue weighted by molar-refractivity contribution is -0.203. The quantitative estimate of drug-likeness (QED) is 0.370. The van der Waals surface area contributed by atoms with E-state index in [1.807, 2.05) is 6.07 Å². The van der Waals surface area contributed by atoms with Crippen LogP contribution in [0.2, 0.25) is 0 Å². The monoisotopic (exact) mass is 577 g/mol. The van der Waals surface area contributed by atoms with Crippen LogP contribution >= 0.6 is 0 Å². The zero-order valence-electron chi connectivity index (χ0n) is 24.2. The first-order chi connectivity index (χ1) is 19.6. The van der Waals surface area contributed by atoms with Crippen LogP contribution in [0, 0.1) is 22.7 Å². The second-order valence-electron chi connectivity index (χ2n) is 12.5. The predicted octanol–water partition coefficient (Wildman–Crippen LogP) is 0.782. The number of rotatable bonds is 5. The molecule has 0 radical (unpaired) electrons. The fourth-order valence-corrected chi connectivity index (χ4v) is 8.10. The van der Waals surface area contributed by atoms with E-state index in [4.69, 9.17) is 16.2 Å². The van der Waals surface area contributed by atoms with Crippen LogP contribution in [0.5, 0.6) is 11.5 Å². The van der Waals surface area contributed by atoms with Gasteiger partial charge in [0.05, 0.1) is 24.6 Å². The summed E-state index contributed by atoms with van der Waals surface area (Å²) >= 11 is 0. The Morgan fingerprint density at radius 1 is 1.10 bits per heavy atom. The SMILES string of the molecule is COc1ccc(-c2ccc(O)c3c2C[C@@]2(C)C[C@@]4(C)[C@H](N(C)C)C(=O)C(C(N)=O)C(=O)[C@@]4(O)C(=O)C2C3=O)cc1CN. The number of Topliss-reactive ketones (excluding diaryl/α,β-unsaturated/α-hetero) is 4. The van der Waals surface area contributed by atoms with Gasteiger partial charge in [-0.25, -0.2) is 0 Å². The summed E-state index contributed by atoms with van der Waals surface area (Å²) in [4.78, 5) is 69.5. The Hall–Kier alpha value is -3.93. The van der Waals surface area contributed by atoms with Gasteiger partial charge in [-0.3, -0.25) is 28.9 Å². The number of nitrogens with two attached hydrogens (primary N) is 2. The lowest BCUT2D eigenvalue weighted by Gasteiger charge is -2.61. The molecule has 2 unspecified atom stereocenters. The Morgan fingerprint density at radius 2 is 1.76 bits per heavy atom. The second-order valence-corrected chi connectivity index (χ2v) is 12.5. The number of carbonyl (C=O) groups is 5. The molecule has 2 aromatic carbocycles. The topological polar surface area (TPSA) is 190 Å². The summed E-state index contributed by atoms with van der Waals surface area (Å²) in [6, 6.07) is 7.22. The molecule has 2 aromatic rings. The smallest absolute Gasteiger partial charge is 0.235 e. The van der Waals surface area contributed by atoms with Crippen molar-refractivity contribution >= 4 is 29.0 Å². The van der Waals surface area contributed by atoms with Crippen molar-refractivity contribution < 1.29 is 38.9 Å². The highest BCUT2D eigenvalue weighted by molar-refractivity contribution is 6.33. The molecule has 0 bridgehead atoms. The van der Waals surface area contributed by atoms with Crippen LogP contribution < -0.4 is 16.2 Å². The average molecular weight is 578 g/mol. The molecular formula is C31H35N3O8. The second kappa shape index (κ2) is 9.55. The van der Waals surface area contributed by atoms with Gasteiger partial charge < -0.3 is 26.4 Å². The number of phenols is 1. The number of aliphatic hydroxyl groups is 1. The molecule has 2 fully saturated rings. The minimum absolute atomic E-state index is 0.0735. The average Bonchev–Trinajstić information content (AvgIpc) is 2.90. The molecule has 5 rings (SSSR count). The van der Waals surface area contributed by atoms with Gasteiger partial charge in [-0.05, 0) is 67.2 Å². The normalized spacial score (nSPS) is 32.3. The van der Waals surface area contributed by atoms with Crippen LogP contribution in [-0.2, 0) is 32.1 Å². The number of hydrogen-bond donors (Lipinski definition) is 4. The Bertz CT molecular complexity index is 1580. The van der Waals surface area contributed by atoms with Crippen LogP contribution in [0.3, 0.4) is 0 Å². The molecule has 0 aromatic heterocycles. The van der Waals surface area contributed by atoms with Gasteiger partial charge in [0, 0.05) is 17.5 Å². The molecule has 42 heavy (non-hydrogen) atoms. The molecular weight excluding hydrogens is 542 g/mol. The van der Waals surface area contributed by atoms with E-state index in [0.29, 0.717) is 22.4 Å². The number of ketones is 4. The first-order valence-corrected chi connectivity index (χ1v) is 13.7. The number of primary amides is 1. The van der Waals surface area contributed by atoms with Crippen molar-refractivity contribution in [2.45, 2.75) is 44.9 Å². The lowest BCUT2D eigenvalue weighted by Crippen LogP contribution is -2.79. The van der Waals surface area contributed by atoms with Crippen molar-refractivity contribution in [1.29, 1.82) is 0 Å². The summed E-state index contributed by atoms with van der Waals surface area (Å²) in [5.41, 5.74) is 8.16. The van der Waals surface area contributed by atoms with E-state index in [1.165, 1.54) is 25.0 Å². The van der Waals surface area contributed by atoms with Crippen LogP contribution in [0.1, 0.15) is 41.8 Å². The van der Waals surface area contributed by atoms with Crippen molar-refractivity contribution in [2.75, 3.05) is 21.2 Å². The van der Waals surface area contributed by atoms with Gasteiger partial charge in [0.25, 0.3) is 0 Å². The fourth-order valence-electron chi connectivity index (χ4n) is 8.10. The minimum Gasteiger partial charge on any atom is -0.507 e. The van der Waals surface area contributed by atoms with Crippen molar-refractivity contribution in [3.05, 3.63) is 47.0 Å². The number of aromatic hydroxyl groups is 1. The Kier molecular flexibility index (Phi) is 6.72. The first kappa shape index (κ1) is 29.6. The highest BCUT2D eigenvalue weighted by atomic mass is 16.5. The maximum Gasteiger partial charge on any atom is 0.235 e. The van der Waals surface area contributed by atoms with Gasteiger partial charge in [0.2, 0.25) is 5.91 Å². The third kappa shape index (κ3) is 3.66. The number of phenolic OH excluding ortho intramolecular Hbond substituents is 1. The van der Waals surface area contributed by atoms with Crippen molar-refractivity contribution in [2.24, 2.45) is 34.1 Å². The van der Waals surface area contributed by atoms with E-state index in [9.17, 15) is 34.2 Å². The summed E-state index contributed by atoms with van der Waals surface area (Å²) in [5, 5.41) is 22.9. The van der Waals surface area contributed by atoms with Crippen molar-refractivity contribution in [3.63, 3.8) is 0 Å². The molecule has 0 heterocycles. The molecule has 1 amide bonds. The zero-order valence-corrected chi connectivity index (χ0v) is 24.2. The third-order valence-corrected chi connectivity index (χ3v) is 9.68. The van der Waals surface area contributed by atoms with Gasteiger partial charge in [0.1, 0.15) is 11.5 Å². The van der Waals surface area contributed by atoms with Crippen LogP contribution in [0.4, 0.5) is 0 Å². The number of ether oxygens (including phenoxy) is 1. The lowest BCUT2D eigenvalue weighted by atomic mass is 9.42. The first-order valence-electron chi connectivity index (χ1n) is 13.7. The summed E-state index contributed by atoms with van der Waals surface area (Å²) in [6.45, 7) is 3.39. The largest absolute Gasteiger partial charge is 0.507 e. The molecule has 222 valence electrons. The number of hydrogen-bond acceptors (Lipinski definition) is 10. The maximum atomic E-state index is 14.3. The Morgan fingerprint density at radius 3 is 2.33 bits per heavy atom. The number of amides is 1. The van der Waals surface area contributed by atoms with Crippen molar-refractivity contribution in [3.8, 4) is 22.6 Å². The summed E-state index contributed by atoms with van der Waals surface area (Å²) in [6.07, 6.45) is 0.0291. The number of benzene rings is 2. The van der Waals surface area contributed by atoms with Crippen LogP contribution in [0.15, 0.2) is 30.3 Å². The van der Waals surface area contributed by atoms with E-state index in [0.717, 1.165) is 5.56 Å². The molecule has 3 aliphatic carbocycles. The maximum absolute atomic E-state index is 14.3. The highest BCUT2D eigenvalue weighted by Crippen LogP contribution is 2.62. The summed E-state index contributed by atoms with van der Waals surface area (Å²) in [5.74, 6) is -8.52. The number of fused-ring (bicyclic) bond motifs is 3. The molecule has 0 aliphatic heterocycles. The molecule has 0 saturated heterocycles. The Labute approximate surface area is 242 Å². The van der Waals surface area contributed by atoms with Gasteiger partial charge in [-0.15, -0.1) is 0 Å². The van der Waals surface area contributed by atoms with E-state index in [1.54, 1.807) is 39.2 Å². The van der Waals surface area contributed by atoms with Gasteiger partial charge in [0.15, 0.2) is 34.7 Å². The summed E-state index contributed by atoms with van der Waals surface area (Å²) < 4.78 is 5.39. The number of methoxy groups -OCH3 is 1. The van der Waals surface area contributed by atoms with E-state index in [-0.39, 0.29) is 30.7 Å². The molecule has 11 heteroatoms. The van der Waals surface area contributed by atoms with Crippen molar-refractivity contribution in [1.82, 2.24) is 4.90 Å². The number of likely N-dealkylation sites (N-methyl/N-ethyl adjacent to an activating group) is 1. The molecule has 0 spiro atoms. The molecule has 2 saturated carbocycles. The number of nitrogens with zero attached hydrogens (tertiary/aromatic N) is 1. The van der Waals surface area contributed by atoms with E-state index >= 15 is 0 Å². The van der Waals surface area contributed by atoms with E-state index < -0.39 is 63.3 Å². The zero-order chi connectivity index (χ0) is 31.1. The van der Waals surface area contributed by atoms with Gasteiger partial charge in [-0.2, -0.15) is 0 Å². The fraction of sp³-hybridized carbons (Fsp3) is 0.452. The molecule has 11 nitrogen and oxygen atoms in total. The highest BCUT2D eigenvalue weighted by Gasteiger charge is 2.76. The third-order valence-electron chi connectivity index (χ3n) is 9.68. The minimum atomic E-state index is -2.84. The standard InChI is InChI=1S/C31H35N3O8/c1-29-11-17-16(14-6-9-19(42-5)15(10-14)12-32)7-8-18(35)20(17)23(36)22(29)27(39)31(41)26(38)21(28(33)40)24(37)25(34(3)4)30(31,2)13-29/h6-10,21-22,25,35,41H,11-13,32H2,1-5H3,(H2,33,40)/t21?,22?,25-,29+,30+,31-/m1/s1. The predicted molar refractivity (Wildman–Crippen MR) is 150 cm³/mol. The molecule has 3 aliphatic rings. The van der Waals surface area contributed by atoms with Gasteiger partial charge in [-0.1, -0.05) is 26.0 Å². The molecule has 6 atom stereocenters. The van der Waals surface area contributed by atoms with Crippen LogP contribution in [0.25, 0.3) is 11.1 Å². The van der Waals surface area contributed by atoms with Crippen LogP contribution in [-0.4, -0.2) is 77.0 Å². The Balaban J connectivity index is 1.73. The molecule has 6 N–H and O–H groups in total. The van der Waals surface area contributed by atoms with E-state index in [2.05, 4.69) is 0 Å².